The van der Waals surface area contributed by atoms with Crippen molar-refractivity contribution in [2.24, 2.45) is 5.92 Å². The second kappa shape index (κ2) is 9.50. The molecule has 0 aromatic heterocycles. The van der Waals surface area contributed by atoms with E-state index in [4.69, 9.17) is 4.74 Å². The third kappa shape index (κ3) is 5.97. The number of carboxylic acids is 1. The smallest absolute Gasteiger partial charge is 0.416 e. The van der Waals surface area contributed by atoms with E-state index in [1.165, 1.54) is 6.92 Å². The van der Waals surface area contributed by atoms with E-state index in [1.807, 2.05) is 0 Å². The third-order valence-electron chi connectivity index (χ3n) is 4.49. The van der Waals surface area contributed by atoms with Crippen LogP contribution < -0.4 is 0 Å². The van der Waals surface area contributed by atoms with Crippen molar-refractivity contribution in [2.75, 3.05) is 12.3 Å². The summed E-state index contributed by atoms with van der Waals surface area (Å²) in [5, 5.41) is 9.23. The highest BCUT2D eigenvalue weighted by atomic mass is 32.2. The zero-order valence-corrected chi connectivity index (χ0v) is 17.0. The molecule has 0 radical (unpaired) electrons. The molecule has 7 nitrogen and oxygen atoms in total. The third-order valence-corrected chi connectivity index (χ3v) is 5.56. The first-order chi connectivity index (χ1) is 13.9. The Balaban J connectivity index is 2.09. The Morgan fingerprint density at radius 3 is 2.53 bits per heavy atom. The number of likely N-dealkylation sites (tertiary alicyclic amines) is 1. The Hall–Kier alpha value is -2.56. The van der Waals surface area contributed by atoms with Gasteiger partial charge in [-0.25, -0.2) is 9.59 Å². The van der Waals surface area contributed by atoms with Gasteiger partial charge in [0, 0.05) is 25.0 Å². The van der Waals surface area contributed by atoms with Crippen molar-refractivity contribution in [3.63, 3.8) is 0 Å². The normalized spacial score (nSPS) is 20.0. The molecule has 1 aliphatic rings. The van der Waals surface area contributed by atoms with Gasteiger partial charge in [-0.2, -0.15) is 13.2 Å². The SMILES string of the molecule is CC(=O)SCC(C)C(=O)N1C[C@@H](OC(=O)c2cccc(C(F)(F)F)c2)C[C@H]1C(=O)O. The highest BCUT2D eigenvalue weighted by Gasteiger charge is 2.42. The van der Waals surface area contributed by atoms with Crippen molar-refractivity contribution in [1.82, 2.24) is 4.90 Å². The molecule has 3 atom stereocenters. The van der Waals surface area contributed by atoms with Crippen molar-refractivity contribution in [2.45, 2.75) is 38.6 Å². The Bertz CT molecular complexity index is 844. The van der Waals surface area contributed by atoms with Gasteiger partial charge in [-0.15, -0.1) is 0 Å². The summed E-state index contributed by atoms with van der Waals surface area (Å²) >= 11 is 0.937. The Labute approximate surface area is 174 Å². The van der Waals surface area contributed by atoms with Gasteiger partial charge in [-0.05, 0) is 18.2 Å². The van der Waals surface area contributed by atoms with Gasteiger partial charge in [0.2, 0.25) is 5.91 Å². The van der Waals surface area contributed by atoms with E-state index in [9.17, 15) is 37.5 Å². The first-order valence-electron chi connectivity index (χ1n) is 8.95. The van der Waals surface area contributed by atoms with Crippen LogP contribution in [0.5, 0.6) is 0 Å². The highest BCUT2D eigenvalue weighted by Crippen LogP contribution is 2.30. The number of carboxylic acid groups (broad SMARTS) is 1. The van der Waals surface area contributed by atoms with E-state index in [1.54, 1.807) is 6.92 Å². The average molecular weight is 447 g/mol. The van der Waals surface area contributed by atoms with Crippen molar-refractivity contribution in [3.8, 4) is 0 Å². The van der Waals surface area contributed by atoms with Crippen LogP contribution in [-0.2, 0) is 25.3 Å². The number of amides is 1. The summed E-state index contributed by atoms with van der Waals surface area (Å²) in [6.45, 7) is 2.70. The topological polar surface area (TPSA) is 101 Å². The molecule has 30 heavy (non-hydrogen) atoms. The summed E-state index contributed by atoms with van der Waals surface area (Å²) in [4.78, 5) is 48.5. The summed E-state index contributed by atoms with van der Waals surface area (Å²) in [6.07, 6.45) is -5.79. The van der Waals surface area contributed by atoms with Crippen molar-refractivity contribution < 1.29 is 42.2 Å². The van der Waals surface area contributed by atoms with Gasteiger partial charge in [-0.3, -0.25) is 9.59 Å². The molecular weight excluding hydrogens is 427 g/mol. The van der Waals surface area contributed by atoms with E-state index in [-0.39, 0.29) is 29.4 Å². The van der Waals surface area contributed by atoms with Gasteiger partial charge in [0.25, 0.3) is 0 Å². The molecule has 1 unspecified atom stereocenters. The number of ether oxygens (including phenoxy) is 1. The van der Waals surface area contributed by atoms with Gasteiger partial charge in [0.15, 0.2) is 5.12 Å². The largest absolute Gasteiger partial charge is 0.480 e. The van der Waals surface area contributed by atoms with Gasteiger partial charge >= 0.3 is 18.1 Å². The van der Waals surface area contributed by atoms with Gasteiger partial charge in [0.05, 0.1) is 17.7 Å². The van der Waals surface area contributed by atoms with Gasteiger partial charge in [0.1, 0.15) is 12.1 Å². The zero-order chi connectivity index (χ0) is 22.6. The molecule has 0 aliphatic carbocycles. The molecule has 11 heteroatoms. The lowest BCUT2D eigenvalue weighted by atomic mass is 10.1. The summed E-state index contributed by atoms with van der Waals surface area (Å²) in [7, 11) is 0. The Kier molecular flexibility index (Phi) is 7.51. The molecule has 1 saturated heterocycles. The van der Waals surface area contributed by atoms with Crippen LogP contribution in [0.4, 0.5) is 13.2 Å². The first-order valence-corrected chi connectivity index (χ1v) is 9.93. The number of hydrogen-bond acceptors (Lipinski definition) is 6. The quantitative estimate of drug-likeness (QED) is 0.669. The van der Waals surface area contributed by atoms with Crippen LogP contribution in [0.3, 0.4) is 0 Å². The number of rotatable bonds is 6. The van der Waals surface area contributed by atoms with E-state index in [2.05, 4.69) is 0 Å². The number of aliphatic carboxylic acids is 1. The van der Waals surface area contributed by atoms with Gasteiger partial charge in [-0.1, -0.05) is 24.8 Å². The fraction of sp³-hybridized carbons (Fsp3) is 0.474. The number of esters is 1. The maximum atomic E-state index is 12.8. The van der Waals surface area contributed by atoms with Crippen LogP contribution in [0.2, 0.25) is 0 Å². The predicted molar refractivity (Wildman–Crippen MR) is 101 cm³/mol. The Morgan fingerprint density at radius 1 is 1.30 bits per heavy atom. The van der Waals surface area contributed by atoms with Crippen molar-refractivity contribution in [1.29, 1.82) is 0 Å². The summed E-state index contributed by atoms with van der Waals surface area (Å²) in [5.41, 5.74) is -1.34. The molecule has 0 bridgehead atoms. The fourth-order valence-corrected chi connectivity index (χ4v) is 3.63. The molecule has 164 valence electrons. The maximum absolute atomic E-state index is 12.8. The number of nitrogens with zero attached hydrogens (tertiary/aromatic N) is 1. The molecule has 0 spiro atoms. The van der Waals surface area contributed by atoms with E-state index < -0.39 is 47.6 Å². The minimum atomic E-state index is -4.63. The van der Waals surface area contributed by atoms with Crippen LogP contribution in [0.1, 0.15) is 36.2 Å². The first kappa shape index (κ1) is 23.7. The minimum Gasteiger partial charge on any atom is -0.480 e. The van der Waals surface area contributed by atoms with Crippen LogP contribution >= 0.6 is 11.8 Å². The lowest BCUT2D eigenvalue weighted by Gasteiger charge is -2.24. The minimum absolute atomic E-state index is 0.172. The van der Waals surface area contributed by atoms with Crippen molar-refractivity contribution in [3.05, 3.63) is 35.4 Å². The van der Waals surface area contributed by atoms with Gasteiger partial charge < -0.3 is 14.7 Å². The number of halogens is 3. The summed E-state index contributed by atoms with van der Waals surface area (Å²) in [6, 6.07) is 2.45. The van der Waals surface area contributed by atoms with Crippen LogP contribution in [-0.4, -0.2) is 57.4 Å². The van der Waals surface area contributed by atoms with Crippen LogP contribution in [0, 0.1) is 5.92 Å². The number of thioether (sulfide) groups is 1. The number of benzene rings is 1. The van der Waals surface area contributed by atoms with Crippen LogP contribution in [0.25, 0.3) is 0 Å². The number of hydrogen-bond donors (Lipinski definition) is 1. The number of alkyl halides is 3. The summed E-state index contributed by atoms with van der Waals surface area (Å²) < 4.78 is 43.6. The summed E-state index contributed by atoms with van der Waals surface area (Å²) in [5.74, 6) is -3.30. The number of carbonyl (C=O) groups excluding carboxylic acids is 3. The average Bonchev–Trinajstić information content (AvgIpc) is 3.08. The van der Waals surface area contributed by atoms with E-state index >= 15 is 0 Å². The lowest BCUT2D eigenvalue weighted by Crippen LogP contribution is -2.43. The number of carbonyl (C=O) groups is 4. The molecule has 1 N–H and O–H groups in total. The zero-order valence-electron chi connectivity index (χ0n) is 16.1. The predicted octanol–water partition coefficient (Wildman–Crippen LogP) is 2.83. The second-order valence-corrected chi connectivity index (χ2v) is 8.09. The Morgan fingerprint density at radius 2 is 1.97 bits per heavy atom. The second-order valence-electron chi connectivity index (χ2n) is 6.89. The lowest BCUT2D eigenvalue weighted by molar-refractivity contribution is -0.149. The molecule has 1 fully saturated rings. The molecule has 0 saturated carbocycles. The maximum Gasteiger partial charge on any atom is 0.416 e. The van der Waals surface area contributed by atoms with Crippen molar-refractivity contribution >= 4 is 34.7 Å². The van der Waals surface area contributed by atoms with E-state index in [0.717, 1.165) is 34.9 Å². The molecule has 1 aliphatic heterocycles. The van der Waals surface area contributed by atoms with E-state index in [0.29, 0.717) is 6.07 Å². The molecule has 1 aromatic rings. The molecule has 1 amide bonds. The standard InChI is InChI=1S/C19H20F3NO6S/c1-10(9-30-11(2)24)16(25)23-8-14(7-15(23)17(26)27)29-18(28)12-4-3-5-13(6-12)19(20,21)22/h3-6,10,14-15H,7-9H2,1-2H3,(H,26,27)/t10?,14-,15-/m0/s1. The highest BCUT2D eigenvalue weighted by molar-refractivity contribution is 8.13. The fourth-order valence-electron chi connectivity index (χ4n) is 3.00. The monoisotopic (exact) mass is 447 g/mol. The molecule has 1 heterocycles. The molecular formula is C19H20F3NO6S. The molecule has 1 aromatic carbocycles. The van der Waals surface area contributed by atoms with Crippen LogP contribution in [0.15, 0.2) is 24.3 Å². The molecule has 2 rings (SSSR count).